The molecule has 9 nitrogen and oxygen atoms in total. The van der Waals surface area contributed by atoms with Crippen LogP contribution in [-0.2, 0) is 11.0 Å². The van der Waals surface area contributed by atoms with Crippen LogP contribution in [-0.4, -0.2) is 51.0 Å². The van der Waals surface area contributed by atoms with Crippen LogP contribution in [0.25, 0.3) is 0 Å². The third-order valence-corrected chi connectivity index (χ3v) is 5.74. The molecule has 0 radical (unpaired) electrons. The van der Waals surface area contributed by atoms with E-state index in [4.69, 9.17) is 0 Å². The SMILES string of the molecule is Cc1nc(NC2CC(Nc3cnc(C(F)(F)F)cn3)C2)nc2c1NC(=O)[C@H](C(C)C)N2C. The topological polar surface area (TPSA) is 108 Å². The smallest absolute Gasteiger partial charge is 0.366 e. The van der Waals surface area contributed by atoms with Crippen molar-refractivity contribution in [2.75, 3.05) is 27.9 Å². The predicted octanol–water partition coefficient (Wildman–Crippen LogP) is 3.06. The summed E-state index contributed by atoms with van der Waals surface area (Å²) in [5.41, 5.74) is 0.278. The fourth-order valence-electron chi connectivity index (χ4n) is 4.07. The lowest BCUT2D eigenvalue weighted by atomic mass is 9.87. The third kappa shape index (κ3) is 4.26. The van der Waals surface area contributed by atoms with Gasteiger partial charge in [-0.3, -0.25) is 4.79 Å². The van der Waals surface area contributed by atoms with Crippen molar-refractivity contribution >= 4 is 29.2 Å². The molecule has 2 aromatic heterocycles. The average Bonchev–Trinajstić information content (AvgIpc) is 2.67. The number of fused-ring (bicyclic) bond motifs is 1. The number of amides is 1. The molecule has 0 saturated heterocycles. The molecule has 1 amide bonds. The summed E-state index contributed by atoms with van der Waals surface area (Å²) in [6.07, 6.45) is -1.24. The highest BCUT2D eigenvalue weighted by Gasteiger charge is 2.36. The molecule has 172 valence electrons. The third-order valence-electron chi connectivity index (χ3n) is 5.74. The number of anilines is 4. The van der Waals surface area contributed by atoms with Crippen LogP contribution in [0.5, 0.6) is 0 Å². The minimum atomic E-state index is -4.50. The second-order valence-corrected chi connectivity index (χ2v) is 8.56. The Morgan fingerprint density at radius 3 is 2.41 bits per heavy atom. The van der Waals surface area contributed by atoms with E-state index in [1.165, 1.54) is 0 Å². The Morgan fingerprint density at radius 2 is 1.81 bits per heavy atom. The molecule has 0 aromatic carbocycles. The molecule has 0 unspecified atom stereocenters. The highest BCUT2D eigenvalue weighted by Crippen LogP contribution is 2.35. The van der Waals surface area contributed by atoms with Gasteiger partial charge in [-0.25, -0.2) is 15.0 Å². The standard InChI is InChI=1S/C20H25F3N8O/c1-9(2)16-18(32)29-15-10(3)26-19(30-17(15)31(16)4)28-12-5-11(6-12)27-14-8-24-13(7-25-14)20(21,22)23/h7-9,11-12,16H,5-6H2,1-4H3,(H,25,27)(H,29,32)(H,26,28,30)/t11?,12?,16-/m0/s1. The maximum Gasteiger partial charge on any atom is 0.434 e. The average molecular weight is 450 g/mol. The van der Waals surface area contributed by atoms with Gasteiger partial charge in [0, 0.05) is 19.1 Å². The molecular formula is C20H25F3N8O. The molecule has 1 saturated carbocycles. The summed E-state index contributed by atoms with van der Waals surface area (Å²) in [5, 5.41) is 9.31. The van der Waals surface area contributed by atoms with E-state index in [-0.39, 0.29) is 30.0 Å². The van der Waals surface area contributed by atoms with Crippen LogP contribution < -0.4 is 20.9 Å². The Balaban J connectivity index is 1.37. The van der Waals surface area contributed by atoms with Gasteiger partial charge in [-0.2, -0.15) is 18.2 Å². The lowest BCUT2D eigenvalue weighted by molar-refractivity contribution is -0.141. The number of nitrogens with zero attached hydrogens (tertiary/aromatic N) is 5. The fraction of sp³-hybridized carbons (Fsp3) is 0.550. The molecule has 3 N–H and O–H groups in total. The summed E-state index contributed by atoms with van der Waals surface area (Å²) < 4.78 is 37.8. The number of nitrogens with one attached hydrogen (secondary N) is 3. The van der Waals surface area contributed by atoms with E-state index < -0.39 is 11.9 Å². The number of carbonyl (C=O) groups is 1. The van der Waals surface area contributed by atoms with Gasteiger partial charge >= 0.3 is 6.18 Å². The first-order valence-electron chi connectivity index (χ1n) is 10.4. The normalized spacial score (nSPS) is 22.8. The second kappa shape index (κ2) is 8.06. The van der Waals surface area contributed by atoms with E-state index in [1.807, 2.05) is 32.7 Å². The maximum atomic E-state index is 12.6. The lowest BCUT2D eigenvalue weighted by Gasteiger charge is -2.38. The van der Waals surface area contributed by atoms with Gasteiger partial charge in [0.25, 0.3) is 0 Å². The van der Waals surface area contributed by atoms with Gasteiger partial charge < -0.3 is 20.9 Å². The molecule has 2 aliphatic rings. The lowest BCUT2D eigenvalue weighted by Crippen LogP contribution is -2.50. The van der Waals surface area contributed by atoms with Crippen molar-refractivity contribution in [3.05, 3.63) is 23.8 Å². The largest absolute Gasteiger partial charge is 0.434 e. The van der Waals surface area contributed by atoms with Crippen LogP contribution in [0.4, 0.5) is 36.4 Å². The fourth-order valence-corrected chi connectivity index (χ4v) is 4.07. The zero-order chi connectivity index (χ0) is 23.2. The Bertz CT molecular complexity index is 1010. The predicted molar refractivity (Wildman–Crippen MR) is 114 cm³/mol. The second-order valence-electron chi connectivity index (χ2n) is 8.56. The number of rotatable bonds is 5. The van der Waals surface area contributed by atoms with Crippen LogP contribution in [0.15, 0.2) is 12.4 Å². The Labute approximate surface area is 183 Å². The molecule has 1 fully saturated rings. The summed E-state index contributed by atoms with van der Waals surface area (Å²) in [6.45, 7) is 5.80. The van der Waals surface area contributed by atoms with Crippen LogP contribution in [0.3, 0.4) is 0 Å². The Morgan fingerprint density at radius 1 is 1.12 bits per heavy atom. The molecule has 1 aliphatic carbocycles. The van der Waals surface area contributed by atoms with E-state index in [0.29, 0.717) is 29.0 Å². The zero-order valence-corrected chi connectivity index (χ0v) is 18.2. The number of alkyl halides is 3. The monoisotopic (exact) mass is 450 g/mol. The number of likely N-dealkylation sites (N-methyl/N-ethyl adjacent to an activating group) is 1. The molecule has 4 rings (SSSR count). The van der Waals surface area contributed by atoms with Crippen molar-refractivity contribution in [1.82, 2.24) is 19.9 Å². The van der Waals surface area contributed by atoms with E-state index in [9.17, 15) is 18.0 Å². The molecular weight excluding hydrogens is 425 g/mol. The summed E-state index contributed by atoms with van der Waals surface area (Å²) >= 11 is 0. The number of carbonyl (C=O) groups excluding carboxylic acids is 1. The van der Waals surface area contributed by atoms with Gasteiger partial charge in [0.15, 0.2) is 11.5 Å². The van der Waals surface area contributed by atoms with Gasteiger partial charge in [0.2, 0.25) is 11.9 Å². The molecule has 0 bridgehead atoms. The van der Waals surface area contributed by atoms with Crippen LogP contribution in [0.2, 0.25) is 0 Å². The van der Waals surface area contributed by atoms with Crippen LogP contribution in [0.1, 0.15) is 38.1 Å². The number of aryl methyl sites for hydroxylation is 1. The van der Waals surface area contributed by atoms with Crippen molar-refractivity contribution in [2.24, 2.45) is 5.92 Å². The molecule has 2 aromatic rings. The minimum Gasteiger partial charge on any atom is -0.366 e. The van der Waals surface area contributed by atoms with Crippen LogP contribution in [0, 0.1) is 12.8 Å². The van der Waals surface area contributed by atoms with E-state index >= 15 is 0 Å². The van der Waals surface area contributed by atoms with Gasteiger partial charge in [-0.05, 0) is 25.7 Å². The summed E-state index contributed by atoms with van der Waals surface area (Å²) in [6, 6.07) is -0.145. The van der Waals surface area contributed by atoms with Crippen molar-refractivity contribution in [2.45, 2.75) is 57.9 Å². The summed E-state index contributed by atoms with van der Waals surface area (Å²) in [7, 11) is 1.85. The first-order chi connectivity index (χ1) is 15.0. The van der Waals surface area contributed by atoms with E-state index in [2.05, 4.69) is 35.9 Å². The molecule has 12 heteroatoms. The Hall–Kier alpha value is -3.18. The molecule has 1 aliphatic heterocycles. The number of halogens is 3. The van der Waals surface area contributed by atoms with E-state index in [0.717, 1.165) is 25.2 Å². The first kappa shape index (κ1) is 22.0. The highest BCUT2D eigenvalue weighted by atomic mass is 19.4. The zero-order valence-electron chi connectivity index (χ0n) is 18.2. The number of aromatic nitrogens is 4. The van der Waals surface area contributed by atoms with Crippen molar-refractivity contribution in [3.63, 3.8) is 0 Å². The maximum absolute atomic E-state index is 12.6. The van der Waals surface area contributed by atoms with Gasteiger partial charge in [0.05, 0.1) is 18.1 Å². The first-order valence-corrected chi connectivity index (χ1v) is 10.4. The molecule has 0 spiro atoms. The highest BCUT2D eigenvalue weighted by molar-refractivity contribution is 6.03. The van der Waals surface area contributed by atoms with Crippen molar-refractivity contribution in [1.29, 1.82) is 0 Å². The summed E-state index contributed by atoms with van der Waals surface area (Å²) in [4.78, 5) is 30.6. The quantitative estimate of drug-likeness (QED) is 0.638. The molecule has 32 heavy (non-hydrogen) atoms. The van der Waals surface area contributed by atoms with Crippen molar-refractivity contribution < 1.29 is 18.0 Å². The van der Waals surface area contributed by atoms with Crippen molar-refractivity contribution in [3.8, 4) is 0 Å². The van der Waals surface area contributed by atoms with E-state index in [1.54, 1.807) is 0 Å². The minimum absolute atomic E-state index is 0.0598. The number of hydrogen-bond donors (Lipinski definition) is 3. The number of hydrogen-bond acceptors (Lipinski definition) is 8. The molecule has 1 atom stereocenters. The molecule has 3 heterocycles. The van der Waals surface area contributed by atoms with Gasteiger partial charge in [-0.1, -0.05) is 13.8 Å². The van der Waals surface area contributed by atoms with Gasteiger partial charge in [0.1, 0.15) is 17.5 Å². The van der Waals surface area contributed by atoms with Crippen LogP contribution >= 0.6 is 0 Å². The Kier molecular flexibility index (Phi) is 5.55. The van der Waals surface area contributed by atoms with Gasteiger partial charge in [-0.15, -0.1) is 0 Å². The summed E-state index contributed by atoms with van der Waals surface area (Å²) in [5.74, 6) is 1.50.